The number of nitrogens with zero attached hydrogens (tertiary/aromatic N) is 2. The number of carbonyl (C=O) groups is 9. The number of carbonyl (C=O) groups excluding carboxylic acids is 9. The normalized spacial score (nSPS) is 23.8. The topological polar surface area (TPSA) is 359 Å². The minimum atomic E-state index is -4.28. The number of aldehydes is 1. The number of alkyl carbamates (subject to hydrolysis) is 1. The molecule has 0 saturated carbocycles. The van der Waals surface area contributed by atoms with Gasteiger partial charge in [-0.2, -0.15) is 0 Å². The van der Waals surface area contributed by atoms with Gasteiger partial charge in [-0.15, -0.1) is 0 Å². The number of nitrogens with one attached hydrogen (secondary N) is 5. The number of alkyl halides is 2. The Labute approximate surface area is 565 Å². The molecule has 5 rings (SSSR count). The van der Waals surface area contributed by atoms with Gasteiger partial charge in [-0.05, 0) is 109 Å². The molecule has 0 unspecified atom stereocenters. The van der Waals surface area contributed by atoms with Crippen LogP contribution in [0.25, 0.3) is 0 Å². The van der Waals surface area contributed by atoms with Gasteiger partial charge in [0.25, 0.3) is 5.91 Å². The molecule has 0 radical (unpaired) electrons. The summed E-state index contributed by atoms with van der Waals surface area (Å²) < 4.78 is 62.8. The van der Waals surface area contributed by atoms with E-state index >= 15 is 0 Å². The Balaban J connectivity index is 1.38. The molecule has 3 aliphatic heterocycles. The number of primary amides is 1. The minimum Gasteiger partial charge on any atom is -0.495 e. The second-order valence-corrected chi connectivity index (χ2v) is 28.6. The molecule has 0 aliphatic carbocycles. The molecule has 3 heterocycles. The Kier molecular flexibility index (Phi) is 27.5. The molecule has 0 spiro atoms. The van der Waals surface area contributed by atoms with Crippen LogP contribution in [0.2, 0.25) is 5.02 Å². The Bertz CT molecular complexity index is 3280. The first-order valence-electron chi connectivity index (χ1n) is 30.4. The third-order valence-electron chi connectivity index (χ3n) is 16.8. The summed E-state index contributed by atoms with van der Waals surface area (Å²) in [5.41, 5.74) is 1.39. The number of amides is 8. The lowest BCUT2D eigenvalue weighted by molar-refractivity contribution is -0.158. The Morgan fingerprint density at radius 2 is 1.71 bits per heavy atom. The Hall–Kier alpha value is -6.21. The monoisotopic (exact) mass is 1470 g/mol. The predicted molar refractivity (Wildman–Crippen MR) is 354 cm³/mol. The number of unbranched alkanes of at least 4 members (excludes halogenated alkanes) is 1. The first-order chi connectivity index (χ1) is 43.4. The molecule has 2 aromatic rings. The molecular weight excluding hydrogens is 1380 g/mol. The number of sulfone groups is 1. The highest BCUT2D eigenvalue weighted by atomic mass is 79.9. The van der Waals surface area contributed by atoms with Crippen LogP contribution in [0.4, 0.5) is 21.0 Å². The van der Waals surface area contributed by atoms with Gasteiger partial charge in [0.2, 0.25) is 23.6 Å². The summed E-state index contributed by atoms with van der Waals surface area (Å²) in [6.45, 7) is 13.6. The smallest absolute Gasteiger partial charge is 0.409 e. The maximum atomic E-state index is 14.6. The molecule has 516 valence electrons. The van der Waals surface area contributed by atoms with Crippen LogP contribution >= 0.6 is 43.5 Å². The van der Waals surface area contributed by atoms with Crippen LogP contribution in [0.5, 0.6) is 5.75 Å². The molecule has 30 heteroatoms. The van der Waals surface area contributed by atoms with Gasteiger partial charge in [-0.3, -0.25) is 29.3 Å². The molecule has 2 saturated heterocycles. The van der Waals surface area contributed by atoms with E-state index < -0.39 is 146 Å². The average molecular weight is 1470 g/mol. The Morgan fingerprint density at radius 1 is 1.03 bits per heavy atom. The lowest BCUT2D eigenvalue weighted by atomic mass is 9.83. The first kappa shape index (κ1) is 77.5. The molecule has 4 bridgehead atoms. The van der Waals surface area contributed by atoms with Crippen molar-refractivity contribution in [3.63, 3.8) is 0 Å². The second-order valence-electron chi connectivity index (χ2n) is 25.1. The van der Waals surface area contributed by atoms with Gasteiger partial charge in [-0.25, -0.2) is 22.8 Å². The van der Waals surface area contributed by atoms with Crippen molar-refractivity contribution in [3.05, 3.63) is 70.3 Å². The van der Waals surface area contributed by atoms with Crippen LogP contribution in [0.15, 0.2) is 59.0 Å². The number of hydrogen-bond acceptors (Lipinski definition) is 18. The van der Waals surface area contributed by atoms with Crippen molar-refractivity contribution in [1.82, 2.24) is 26.2 Å². The highest BCUT2D eigenvalue weighted by molar-refractivity contribution is 9.10. The zero-order valence-electron chi connectivity index (χ0n) is 54.8. The maximum absolute atomic E-state index is 14.6. The number of ether oxygens (including phenoxy) is 6. The molecule has 8 amide bonds. The second kappa shape index (κ2) is 33.0. The average Bonchev–Trinajstić information content (AvgIpc) is 1.58. The lowest BCUT2D eigenvalue weighted by Crippen LogP contribution is -2.63. The molecule has 3 aliphatic rings. The number of benzene rings is 2. The maximum Gasteiger partial charge on any atom is 0.409 e. The standard InChI is InChI=1S/C63H89Br2ClN8O18S/c1-35(2)52(71-49(76)21-14-15-24-60(6,7)92-62(32-64,33-65)34-75)55(79)70-42(19-17-25-68-58(67)82)54(78)69-41-23-22-40(29-46(41)93(13,85)86)56(80)73(9)38(5)57(81)90-48-30-50(77)74(10)43-27-39(28-44(87-11)51(43)66)26-36(3)18-16-20-47(88-12)63(84)31-45(89-59(83)72-63)37(4)53-61(48,8)91-53/h16,18,20,22-23,27-29,34-35,37-38,42,45,47-48,52-53,84H,14-15,17,19,21,24-26,30-33H2,1-13H3,(H,69,78)(H,70,79)(H,71,76)(H,72,83)(H3,67,68,82)/b20-16+,36-18+/t37-,38+,42+,45+,47-,48+,52+,53+,61+,63+/m1/s1. The van der Waals surface area contributed by atoms with E-state index in [-0.39, 0.29) is 70.6 Å². The van der Waals surface area contributed by atoms with Crippen LogP contribution in [0.3, 0.4) is 0 Å². The number of nitrogens with two attached hydrogens (primary N) is 1. The fraction of sp³-hybridized carbons (Fsp3) is 0.603. The number of aliphatic hydroxyl groups is 1. The van der Waals surface area contributed by atoms with Crippen molar-refractivity contribution >= 4 is 119 Å². The number of hydrogen-bond donors (Lipinski definition) is 7. The van der Waals surface area contributed by atoms with Crippen LogP contribution < -0.4 is 42.0 Å². The summed E-state index contributed by atoms with van der Waals surface area (Å²) in [6, 6.07) is 2.07. The van der Waals surface area contributed by atoms with Gasteiger partial charge < -0.3 is 75.1 Å². The summed E-state index contributed by atoms with van der Waals surface area (Å²) in [5, 5.41) is 25.5. The van der Waals surface area contributed by atoms with Gasteiger partial charge in [0.05, 0.1) is 41.5 Å². The quantitative estimate of drug-likeness (QED) is 0.0169. The van der Waals surface area contributed by atoms with E-state index in [0.29, 0.717) is 31.2 Å². The summed E-state index contributed by atoms with van der Waals surface area (Å²) in [5.74, 6) is -5.43. The summed E-state index contributed by atoms with van der Waals surface area (Å²) in [4.78, 5) is 123. The van der Waals surface area contributed by atoms with Gasteiger partial charge in [0, 0.05) is 69.0 Å². The largest absolute Gasteiger partial charge is 0.495 e. The van der Waals surface area contributed by atoms with Gasteiger partial charge in [-0.1, -0.05) is 94.5 Å². The molecular formula is C63H89Br2ClN8O18S. The van der Waals surface area contributed by atoms with E-state index in [1.165, 1.54) is 52.3 Å². The van der Waals surface area contributed by atoms with Crippen molar-refractivity contribution < 1.29 is 85.1 Å². The summed E-state index contributed by atoms with van der Waals surface area (Å²) in [6.07, 6.45) is 2.65. The number of rotatable bonds is 27. The number of anilines is 2. The minimum absolute atomic E-state index is 0.00682. The van der Waals surface area contributed by atoms with E-state index in [9.17, 15) is 56.7 Å². The van der Waals surface area contributed by atoms with Gasteiger partial charge in [0.15, 0.2) is 21.8 Å². The lowest BCUT2D eigenvalue weighted by Gasteiger charge is -2.42. The number of urea groups is 1. The molecule has 26 nitrogen and oxygen atoms in total. The Morgan fingerprint density at radius 3 is 2.31 bits per heavy atom. The van der Waals surface area contributed by atoms with Crippen LogP contribution in [-0.4, -0.2) is 189 Å². The number of halogens is 3. The van der Waals surface area contributed by atoms with Crippen molar-refractivity contribution in [2.45, 2.75) is 183 Å². The SMILES string of the molecule is COc1cc2cc(c1Cl)N(C)C(=O)C[C@H](OC(=O)[C@H](C)N(C)C(=O)c1ccc(NC(=O)[C@H](CCCNC(N)=O)NC(=O)[C@@H](NC(=O)CCCCC(C)(C)OC(C=O)(CBr)CBr)C(C)C)c(S(C)(=O)=O)c1)[C@]1(C)O[C@H]1[C@H](C)[C@@H]1C[C@@](O)(NC(=O)O1)[C@H](OC)/C=C/C=C(\C)C2. The molecule has 93 heavy (non-hydrogen) atoms. The van der Waals surface area contributed by atoms with Crippen molar-refractivity contribution in [2.24, 2.45) is 17.6 Å². The van der Waals surface area contributed by atoms with Crippen molar-refractivity contribution in [3.8, 4) is 5.75 Å². The zero-order valence-corrected chi connectivity index (χ0v) is 59.5. The predicted octanol–water partition coefficient (Wildman–Crippen LogP) is 6.33. The highest BCUT2D eigenvalue weighted by Crippen LogP contribution is 2.49. The molecule has 8 N–H and O–H groups in total. The van der Waals surface area contributed by atoms with Crippen LogP contribution in [-0.2, 0) is 68.7 Å². The van der Waals surface area contributed by atoms with E-state index in [1.54, 1.807) is 58.1 Å². The van der Waals surface area contributed by atoms with E-state index in [1.807, 2.05) is 20.8 Å². The molecule has 2 fully saturated rings. The van der Waals surface area contributed by atoms with Crippen molar-refractivity contribution in [2.75, 3.05) is 62.0 Å². The number of esters is 1. The fourth-order valence-corrected chi connectivity index (χ4v) is 13.7. The zero-order chi connectivity index (χ0) is 69.7. The van der Waals surface area contributed by atoms with E-state index in [2.05, 4.69) is 58.4 Å². The summed E-state index contributed by atoms with van der Waals surface area (Å²) >= 11 is 13.5. The number of fused-ring (bicyclic) bond motifs is 5. The first-order valence-corrected chi connectivity index (χ1v) is 34.9. The van der Waals surface area contributed by atoms with Gasteiger partial charge >= 0.3 is 18.1 Å². The van der Waals surface area contributed by atoms with Crippen LogP contribution in [0, 0.1) is 11.8 Å². The highest BCUT2D eigenvalue weighted by Gasteiger charge is 2.64. The van der Waals surface area contributed by atoms with E-state index in [0.717, 1.165) is 29.1 Å². The number of allylic oxidation sites excluding steroid dienone is 3. The third-order valence-corrected chi connectivity index (χ3v) is 20.2. The molecule has 2 aromatic carbocycles. The third kappa shape index (κ3) is 20.4. The summed E-state index contributed by atoms with van der Waals surface area (Å²) in [7, 11) is 1.29. The number of methoxy groups -OCH3 is 2. The molecule has 0 aromatic heterocycles. The molecule has 10 atom stereocenters. The van der Waals surface area contributed by atoms with Gasteiger partial charge in [0.1, 0.15) is 58.4 Å². The number of likely N-dealkylation sites (N-methyl/N-ethyl adjacent to an activating group) is 1. The van der Waals surface area contributed by atoms with Crippen molar-refractivity contribution in [1.29, 1.82) is 0 Å². The fourth-order valence-electron chi connectivity index (χ4n) is 11.1. The van der Waals surface area contributed by atoms with Crippen LogP contribution in [0.1, 0.15) is 123 Å². The number of epoxide rings is 1. The van der Waals surface area contributed by atoms with E-state index in [4.69, 9.17) is 45.8 Å².